The maximum absolute atomic E-state index is 11.9. The van der Waals surface area contributed by atoms with Crippen LogP contribution in [0.4, 0.5) is 5.69 Å². The molecule has 0 aromatic heterocycles. The Morgan fingerprint density at radius 3 is 2.50 bits per heavy atom. The fourth-order valence-corrected chi connectivity index (χ4v) is 2.47. The Balaban J connectivity index is 1.88. The van der Waals surface area contributed by atoms with Crippen LogP contribution >= 0.6 is 12.2 Å². The van der Waals surface area contributed by atoms with Gasteiger partial charge in [0.25, 0.3) is 5.91 Å². The maximum atomic E-state index is 11.9. The van der Waals surface area contributed by atoms with E-state index in [1.54, 1.807) is 12.1 Å². The molecule has 2 aromatic carbocycles. The summed E-state index contributed by atoms with van der Waals surface area (Å²) in [6.45, 7) is 4.22. The molecule has 0 radical (unpaired) electrons. The van der Waals surface area contributed by atoms with Gasteiger partial charge in [0.2, 0.25) is 0 Å². The highest BCUT2D eigenvalue weighted by Crippen LogP contribution is 2.26. The lowest BCUT2D eigenvalue weighted by Crippen LogP contribution is -2.37. The van der Waals surface area contributed by atoms with Crippen LogP contribution in [0.3, 0.4) is 0 Å². The van der Waals surface area contributed by atoms with E-state index in [2.05, 4.69) is 30.5 Å². The molecule has 2 aromatic rings. The minimum Gasteiger partial charge on any atom is -0.484 e. The number of para-hydroxylation sites is 2. The van der Waals surface area contributed by atoms with E-state index in [0.29, 0.717) is 11.7 Å². The van der Waals surface area contributed by atoms with Crippen molar-refractivity contribution in [1.82, 2.24) is 5.32 Å². The average Bonchev–Trinajstić information content (AvgIpc) is 2.60. The van der Waals surface area contributed by atoms with Crippen molar-refractivity contribution >= 4 is 28.9 Å². The van der Waals surface area contributed by atoms with Crippen molar-refractivity contribution in [3.8, 4) is 5.75 Å². The van der Waals surface area contributed by atoms with Gasteiger partial charge in [-0.05, 0) is 48.3 Å². The van der Waals surface area contributed by atoms with Crippen LogP contribution in [-0.4, -0.2) is 17.6 Å². The van der Waals surface area contributed by atoms with Gasteiger partial charge in [0.05, 0.1) is 0 Å². The Labute approximate surface area is 148 Å². The molecule has 4 nitrogen and oxygen atoms in total. The molecule has 0 bridgehead atoms. The molecule has 24 heavy (non-hydrogen) atoms. The second kappa shape index (κ2) is 9.03. The molecule has 0 saturated carbocycles. The Morgan fingerprint density at radius 2 is 1.79 bits per heavy atom. The molecule has 0 aliphatic rings. The minimum atomic E-state index is -0.294. The number of rotatable bonds is 6. The molecular weight excluding hydrogens is 320 g/mol. The summed E-state index contributed by atoms with van der Waals surface area (Å²) < 4.78 is 5.40. The van der Waals surface area contributed by atoms with E-state index in [1.807, 2.05) is 36.4 Å². The molecule has 0 saturated heterocycles. The first-order valence-corrected chi connectivity index (χ1v) is 8.38. The van der Waals surface area contributed by atoms with Gasteiger partial charge in [-0.15, -0.1) is 0 Å². The van der Waals surface area contributed by atoms with Crippen LogP contribution in [0.5, 0.6) is 5.75 Å². The van der Waals surface area contributed by atoms with Gasteiger partial charge in [-0.25, -0.2) is 0 Å². The van der Waals surface area contributed by atoms with Gasteiger partial charge < -0.3 is 10.1 Å². The first kappa shape index (κ1) is 17.9. The molecule has 1 unspecified atom stereocenters. The molecule has 0 spiro atoms. The third kappa shape index (κ3) is 5.35. The fraction of sp³-hybridized carbons (Fsp3) is 0.263. The quantitative estimate of drug-likeness (QED) is 0.776. The van der Waals surface area contributed by atoms with Crippen LogP contribution in [-0.2, 0) is 4.79 Å². The Kier molecular flexibility index (Phi) is 6.75. The van der Waals surface area contributed by atoms with Crippen LogP contribution in [0, 0.1) is 0 Å². The molecule has 0 aliphatic heterocycles. The topological polar surface area (TPSA) is 50.4 Å². The predicted octanol–water partition coefficient (Wildman–Crippen LogP) is 4.09. The van der Waals surface area contributed by atoms with E-state index in [0.717, 1.165) is 12.1 Å². The highest BCUT2D eigenvalue weighted by Gasteiger charge is 2.11. The van der Waals surface area contributed by atoms with Crippen molar-refractivity contribution in [1.29, 1.82) is 0 Å². The highest BCUT2D eigenvalue weighted by atomic mass is 32.1. The maximum Gasteiger partial charge on any atom is 0.264 e. The number of benzene rings is 2. The van der Waals surface area contributed by atoms with Gasteiger partial charge in [-0.3, -0.25) is 10.1 Å². The van der Waals surface area contributed by atoms with Crippen molar-refractivity contribution in [3.05, 3.63) is 60.2 Å². The minimum absolute atomic E-state index is 0.0845. The summed E-state index contributed by atoms with van der Waals surface area (Å²) >= 11 is 5.23. The molecule has 2 rings (SSSR count). The van der Waals surface area contributed by atoms with Gasteiger partial charge in [0, 0.05) is 5.69 Å². The van der Waals surface area contributed by atoms with Crippen molar-refractivity contribution in [2.24, 2.45) is 0 Å². The first-order valence-electron chi connectivity index (χ1n) is 7.97. The largest absolute Gasteiger partial charge is 0.484 e. The number of amides is 1. The van der Waals surface area contributed by atoms with Gasteiger partial charge in [0.15, 0.2) is 11.7 Å². The summed E-state index contributed by atoms with van der Waals surface area (Å²) in [5, 5.41) is 6.01. The van der Waals surface area contributed by atoms with Crippen LogP contribution in [0.1, 0.15) is 31.7 Å². The summed E-state index contributed by atoms with van der Waals surface area (Å²) in [5.74, 6) is 0.764. The van der Waals surface area contributed by atoms with Crippen LogP contribution in [0.25, 0.3) is 0 Å². The summed E-state index contributed by atoms with van der Waals surface area (Å²) in [6, 6.07) is 17.2. The number of carbonyl (C=O) groups excluding carboxylic acids is 1. The summed E-state index contributed by atoms with van der Waals surface area (Å²) in [4.78, 5) is 11.9. The molecular formula is C19H22N2O2S. The fourth-order valence-electron chi connectivity index (χ4n) is 2.24. The number of carbonyl (C=O) groups is 1. The van der Waals surface area contributed by atoms with E-state index >= 15 is 0 Å². The molecule has 0 fully saturated rings. The zero-order valence-corrected chi connectivity index (χ0v) is 14.7. The molecule has 1 amide bonds. The van der Waals surface area contributed by atoms with Gasteiger partial charge in [-0.1, -0.05) is 50.2 Å². The van der Waals surface area contributed by atoms with E-state index < -0.39 is 0 Å². The highest BCUT2D eigenvalue weighted by molar-refractivity contribution is 7.80. The molecule has 1 atom stereocenters. The normalized spacial score (nSPS) is 11.4. The second-order valence-corrected chi connectivity index (χ2v) is 5.91. The second-order valence-electron chi connectivity index (χ2n) is 5.50. The molecule has 5 heteroatoms. The lowest BCUT2D eigenvalue weighted by atomic mass is 9.97. The van der Waals surface area contributed by atoms with Gasteiger partial charge >= 0.3 is 0 Å². The lowest BCUT2D eigenvalue weighted by Gasteiger charge is -2.17. The molecule has 126 valence electrons. The van der Waals surface area contributed by atoms with E-state index in [-0.39, 0.29) is 17.6 Å². The molecule has 0 heterocycles. The molecule has 0 aliphatic carbocycles. The molecule has 2 N–H and O–H groups in total. The van der Waals surface area contributed by atoms with E-state index in [1.165, 1.54) is 5.56 Å². The zero-order valence-electron chi connectivity index (χ0n) is 13.9. The average molecular weight is 342 g/mol. The smallest absolute Gasteiger partial charge is 0.264 e. The van der Waals surface area contributed by atoms with Crippen molar-refractivity contribution < 1.29 is 9.53 Å². The third-order valence-electron chi connectivity index (χ3n) is 3.72. The number of anilines is 1. The number of hydrogen-bond donors (Lipinski definition) is 2. The SMILES string of the molecule is CCC(C)c1ccccc1NC(=S)NC(=O)COc1ccccc1. The number of ether oxygens (including phenoxy) is 1. The monoisotopic (exact) mass is 342 g/mol. The first-order chi connectivity index (χ1) is 11.6. The summed E-state index contributed by atoms with van der Waals surface area (Å²) in [6.07, 6.45) is 1.03. The van der Waals surface area contributed by atoms with Crippen LogP contribution in [0.2, 0.25) is 0 Å². The Hall–Kier alpha value is -2.40. The van der Waals surface area contributed by atoms with Crippen molar-refractivity contribution in [2.75, 3.05) is 11.9 Å². The summed E-state index contributed by atoms with van der Waals surface area (Å²) in [5.41, 5.74) is 2.10. The summed E-state index contributed by atoms with van der Waals surface area (Å²) in [7, 11) is 0. The third-order valence-corrected chi connectivity index (χ3v) is 3.92. The zero-order chi connectivity index (χ0) is 17.4. The predicted molar refractivity (Wildman–Crippen MR) is 101 cm³/mol. The number of thiocarbonyl (C=S) groups is 1. The van der Waals surface area contributed by atoms with Crippen molar-refractivity contribution in [3.63, 3.8) is 0 Å². The number of nitrogens with one attached hydrogen (secondary N) is 2. The van der Waals surface area contributed by atoms with E-state index in [4.69, 9.17) is 17.0 Å². The van der Waals surface area contributed by atoms with Gasteiger partial charge in [-0.2, -0.15) is 0 Å². The lowest BCUT2D eigenvalue weighted by molar-refractivity contribution is -0.121. The Morgan fingerprint density at radius 1 is 1.12 bits per heavy atom. The van der Waals surface area contributed by atoms with Crippen LogP contribution < -0.4 is 15.4 Å². The standard InChI is InChI=1S/C19H22N2O2S/c1-3-14(2)16-11-7-8-12-17(16)20-19(24)21-18(22)13-23-15-9-5-4-6-10-15/h4-12,14H,3,13H2,1-2H3,(H2,20,21,22,24). The van der Waals surface area contributed by atoms with E-state index in [9.17, 15) is 4.79 Å². The number of hydrogen-bond acceptors (Lipinski definition) is 3. The van der Waals surface area contributed by atoms with Crippen molar-refractivity contribution in [2.45, 2.75) is 26.2 Å². The van der Waals surface area contributed by atoms with Crippen LogP contribution in [0.15, 0.2) is 54.6 Å². The van der Waals surface area contributed by atoms with Gasteiger partial charge in [0.1, 0.15) is 5.75 Å². The Bertz CT molecular complexity index is 689.